The second kappa shape index (κ2) is 9.93. The third-order valence-corrected chi connectivity index (χ3v) is 5.41. The zero-order valence-corrected chi connectivity index (χ0v) is 20.1. The van der Waals surface area contributed by atoms with Gasteiger partial charge in [0.1, 0.15) is 17.4 Å². The van der Waals surface area contributed by atoms with Crippen molar-refractivity contribution in [2.45, 2.75) is 39.5 Å². The van der Waals surface area contributed by atoms with Crippen molar-refractivity contribution in [3.63, 3.8) is 0 Å². The first-order chi connectivity index (χ1) is 16.7. The number of hydrogen-bond donors (Lipinski definition) is 2. The minimum Gasteiger partial charge on any atom is -0.467 e. The predicted molar refractivity (Wildman–Crippen MR) is 133 cm³/mol. The number of anilines is 2. The number of hydrogen-bond acceptors (Lipinski definition) is 7. The summed E-state index contributed by atoms with van der Waals surface area (Å²) in [4.78, 5) is 25.4. The summed E-state index contributed by atoms with van der Waals surface area (Å²) in [6.45, 7) is 7.05. The zero-order valence-electron chi connectivity index (χ0n) is 20.1. The normalized spacial score (nSPS) is 16.2. The van der Waals surface area contributed by atoms with Gasteiger partial charge in [-0.15, -0.1) is 0 Å². The highest BCUT2D eigenvalue weighted by Crippen LogP contribution is 2.31. The Balaban J connectivity index is 1.76. The largest absolute Gasteiger partial charge is 0.467 e. The molecular weight excluding hydrogens is 444 g/mol. The molecule has 1 aliphatic heterocycles. The van der Waals surface area contributed by atoms with Crippen molar-refractivity contribution in [3.8, 4) is 0 Å². The lowest BCUT2D eigenvalue weighted by atomic mass is 10.0. The number of furan rings is 1. The van der Waals surface area contributed by atoms with Crippen LogP contribution in [0, 0.1) is 13.8 Å². The molecule has 7 nitrogen and oxygen atoms in total. The van der Waals surface area contributed by atoms with Crippen LogP contribution < -0.4 is 10.6 Å². The van der Waals surface area contributed by atoms with E-state index < -0.39 is 23.8 Å². The van der Waals surface area contributed by atoms with Crippen LogP contribution >= 0.6 is 0 Å². The highest BCUT2D eigenvalue weighted by atomic mass is 16.7. The van der Waals surface area contributed by atoms with Gasteiger partial charge in [-0.3, -0.25) is 0 Å². The summed E-state index contributed by atoms with van der Waals surface area (Å²) in [5, 5.41) is 6.69. The first-order valence-electron chi connectivity index (χ1n) is 11.3. The summed E-state index contributed by atoms with van der Waals surface area (Å²) in [6, 6.07) is 18.8. The van der Waals surface area contributed by atoms with E-state index in [4.69, 9.17) is 13.9 Å². The average Bonchev–Trinajstić information content (AvgIpc) is 3.33. The number of ether oxygens (including phenoxy) is 2. The Morgan fingerprint density at radius 3 is 1.97 bits per heavy atom. The second-order valence-corrected chi connectivity index (χ2v) is 8.85. The van der Waals surface area contributed by atoms with Crippen LogP contribution in [0.1, 0.15) is 36.8 Å². The van der Waals surface area contributed by atoms with Crippen molar-refractivity contribution in [3.05, 3.63) is 107 Å². The molecular formula is C28H28N2O5. The van der Waals surface area contributed by atoms with E-state index in [1.807, 2.05) is 68.4 Å². The molecule has 0 spiro atoms. The summed E-state index contributed by atoms with van der Waals surface area (Å²) >= 11 is 0. The molecule has 0 radical (unpaired) electrons. The SMILES string of the molecule is Cc1ccc(N/C=C(\C=C2C(=O)OC(C)(C)OC2=O)[C@H](Nc2ccc(C)cc2)c2ccco2)cc1. The summed E-state index contributed by atoms with van der Waals surface area (Å²) in [7, 11) is 0. The molecule has 1 saturated heterocycles. The lowest BCUT2D eigenvalue weighted by Crippen LogP contribution is -2.42. The van der Waals surface area contributed by atoms with Gasteiger partial charge >= 0.3 is 11.9 Å². The Labute approximate surface area is 204 Å². The predicted octanol–water partition coefficient (Wildman–Crippen LogP) is 5.81. The fourth-order valence-electron chi connectivity index (χ4n) is 3.56. The number of aryl methyl sites for hydroxylation is 2. The number of carbonyl (C=O) groups is 2. The number of carbonyl (C=O) groups excluding carboxylic acids is 2. The van der Waals surface area contributed by atoms with Gasteiger partial charge < -0.3 is 24.5 Å². The molecule has 2 N–H and O–H groups in total. The molecule has 1 aliphatic rings. The average molecular weight is 473 g/mol. The van der Waals surface area contributed by atoms with Crippen LogP contribution in [-0.2, 0) is 19.1 Å². The number of nitrogens with one attached hydrogen (secondary N) is 2. The molecule has 0 saturated carbocycles. The monoisotopic (exact) mass is 472 g/mol. The van der Waals surface area contributed by atoms with Crippen molar-refractivity contribution in [2.24, 2.45) is 0 Å². The van der Waals surface area contributed by atoms with Crippen molar-refractivity contribution in [1.29, 1.82) is 0 Å². The first kappa shape index (κ1) is 23.9. The molecule has 3 aromatic rings. The fourth-order valence-corrected chi connectivity index (χ4v) is 3.56. The van der Waals surface area contributed by atoms with E-state index in [2.05, 4.69) is 10.6 Å². The molecule has 1 aromatic heterocycles. The van der Waals surface area contributed by atoms with Gasteiger partial charge in [0, 0.05) is 31.4 Å². The molecule has 1 atom stereocenters. The molecule has 2 heterocycles. The summed E-state index contributed by atoms with van der Waals surface area (Å²) in [5.74, 6) is -2.23. The summed E-state index contributed by atoms with van der Waals surface area (Å²) in [6.07, 6.45) is 4.77. The molecule has 0 aliphatic carbocycles. The Kier molecular flexibility index (Phi) is 6.78. The Hall–Kier alpha value is -4.26. The fraction of sp³-hybridized carbons (Fsp3) is 0.214. The van der Waals surface area contributed by atoms with Crippen molar-refractivity contribution < 1.29 is 23.5 Å². The highest BCUT2D eigenvalue weighted by molar-refractivity contribution is 6.15. The lowest BCUT2D eigenvalue weighted by molar-refractivity contribution is -0.222. The van der Waals surface area contributed by atoms with Crippen LogP contribution in [0.5, 0.6) is 0 Å². The van der Waals surface area contributed by atoms with Gasteiger partial charge in [-0.1, -0.05) is 35.4 Å². The number of cyclic esters (lactones) is 2. The third kappa shape index (κ3) is 6.00. The topological polar surface area (TPSA) is 89.8 Å². The van der Waals surface area contributed by atoms with Crippen LogP contribution in [0.2, 0.25) is 0 Å². The number of esters is 2. The van der Waals surface area contributed by atoms with E-state index >= 15 is 0 Å². The van der Waals surface area contributed by atoms with Gasteiger partial charge in [0.15, 0.2) is 0 Å². The second-order valence-electron chi connectivity index (χ2n) is 8.85. The molecule has 35 heavy (non-hydrogen) atoms. The van der Waals surface area contributed by atoms with Crippen LogP contribution in [-0.4, -0.2) is 17.7 Å². The Morgan fingerprint density at radius 2 is 1.43 bits per heavy atom. The molecule has 1 fully saturated rings. The minimum atomic E-state index is -1.32. The molecule has 2 aromatic carbocycles. The van der Waals surface area contributed by atoms with Gasteiger partial charge in [0.25, 0.3) is 5.79 Å². The summed E-state index contributed by atoms with van der Waals surface area (Å²) < 4.78 is 16.3. The van der Waals surface area contributed by atoms with Crippen molar-refractivity contribution in [1.82, 2.24) is 0 Å². The van der Waals surface area contributed by atoms with Gasteiger partial charge in [-0.05, 0) is 61.9 Å². The summed E-state index contributed by atoms with van der Waals surface area (Å²) in [5.41, 5.74) is 4.29. The van der Waals surface area contributed by atoms with Gasteiger partial charge in [-0.2, -0.15) is 0 Å². The molecule has 0 amide bonds. The van der Waals surface area contributed by atoms with Gasteiger partial charge in [-0.25, -0.2) is 9.59 Å². The molecule has 7 heteroatoms. The number of rotatable bonds is 7. The maximum Gasteiger partial charge on any atom is 0.348 e. The van der Waals surface area contributed by atoms with Crippen LogP contribution in [0.3, 0.4) is 0 Å². The minimum absolute atomic E-state index is 0.205. The zero-order chi connectivity index (χ0) is 25.0. The van der Waals surface area contributed by atoms with E-state index in [1.165, 1.54) is 19.9 Å². The maximum absolute atomic E-state index is 12.7. The van der Waals surface area contributed by atoms with Gasteiger partial charge in [0.05, 0.1) is 6.26 Å². The Bertz CT molecular complexity index is 1230. The maximum atomic E-state index is 12.7. The van der Waals surface area contributed by atoms with E-state index in [1.54, 1.807) is 18.5 Å². The molecule has 0 unspecified atom stereocenters. The number of benzene rings is 2. The van der Waals surface area contributed by atoms with Gasteiger partial charge in [0.2, 0.25) is 0 Å². The lowest BCUT2D eigenvalue weighted by Gasteiger charge is -2.30. The quantitative estimate of drug-likeness (QED) is 0.255. The molecule has 4 rings (SSSR count). The van der Waals surface area contributed by atoms with E-state index in [0.29, 0.717) is 11.3 Å². The standard InChI is InChI=1S/C28H28N2O5/c1-18-7-11-21(12-8-18)29-17-20(16-23-26(31)34-28(3,4)35-27(23)32)25(24-6-5-15-33-24)30-22-13-9-19(2)10-14-22/h5-17,25,29-30H,1-4H3/b20-17+/t25-/m0/s1. The third-order valence-electron chi connectivity index (χ3n) is 5.41. The first-order valence-corrected chi connectivity index (χ1v) is 11.3. The smallest absolute Gasteiger partial charge is 0.348 e. The Morgan fingerprint density at radius 1 is 0.857 bits per heavy atom. The van der Waals surface area contributed by atoms with E-state index in [-0.39, 0.29) is 5.57 Å². The van der Waals surface area contributed by atoms with Crippen LogP contribution in [0.15, 0.2) is 94.8 Å². The molecule has 0 bridgehead atoms. The van der Waals surface area contributed by atoms with Crippen molar-refractivity contribution in [2.75, 3.05) is 10.6 Å². The van der Waals surface area contributed by atoms with Crippen molar-refractivity contribution >= 4 is 23.3 Å². The van der Waals surface area contributed by atoms with E-state index in [9.17, 15) is 9.59 Å². The van der Waals surface area contributed by atoms with Crippen LogP contribution in [0.25, 0.3) is 0 Å². The van der Waals surface area contributed by atoms with E-state index in [0.717, 1.165) is 22.5 Å². The van der Waals surface area contributed by atoms with Crippen LogP contribution in [0.4, 0.5) is 11.4 Å². The highest BCUT2D eigenvalue weighted by Gasteiger charge is 2.39. The molecule has 180 valence electrons.